The first-order valence-electron chi connectivity index (χ1n) is 5.54. The van der Waals surface area contributed by atoms with E-state index >= 15 is 0 Å². The van der Waals surface area contributed by atoms with Gasteiger partial charge in [-0.2, -0.15) is 0 Å². The topological polar surface area (TPSA) is 24.9 Å². The van der Waals surface area contributed by atoms with Gasteiger partial charge >= 0.3 is 0 Å². The van der Waals surface area contributed by atoms with Crippen molar-refractivity contribution in [2.24, 2.45) is 0 Å². The van der Waals surface area contributed by atoms with Gasteiger partial charge in [0.15, 0.2) is 0 Å². The third-order valence-electron chi connectivity index (χ3n) is 2.66. The summed E-state index contributed by atoms with van der Waals surface area (Å²) in [5.74, 6) is 0. The normalized spacial score (nSPS) is 12.9. The number of halogens is 1. The summed E-state index contributed by atoms with van der Waals surface area (Å²) in [6, 6.07) is 4.46. The number of aromatic nitrogens is 1. The number of thiophene rings is 1. The molecule has 0 aliphatic rings. The maximum Gasteiger partial charge on any atom is 0.115 e. The van der Waals surface area contributed by atoms with Gasteiger partial charge in [-0.25, -0.2) is 4.98 Å². The number of hydrogen-bond donors (Lipinski definition) is 1. The molecule has 0 aliphatic heterocycles. The third kappa shape index (κ3) is 2.78. The Morgan fingerprint density at radius 2 is 2.18 bits per heavy atom. The third-order valence-corrected chi connectivity index (χ3v) is 5.42. The summed E-state index contributed by atoms with van der Waals surface area (Å²) >= 11 is 7.06. The molecule has 1 atom stereocenters. The summed E-state index contributed by atoms with van der Waals surface area (Å²) in [7, 11) is 1.99. The SMILES string of the molecule is CCc1nc(C(NC)c2ccc(Br)s2)sc1C. The largest absolute Gasteiger partial charge is 0.307 e. The minimum Gasteiger partial charge on any atom is -0.307 e. The van der Waals surface area contributed by atoms with Crippen molar-refractivity contribution < 1.29 is 0 Å². The molecule has 0 bridgehead atoms. The summed E-state index contributed by atoms with van der Waals surface area (Å²) in [5.41, 5.74) is 1.22. The predicted molar refractivity (Wildman–Crippen MR) is 79.2 cm³/mol. The van der Waals surface area contributed by atoms with E-state index < -0.39 is 0 Å². The fourth-order valence-electron chi connectivity index (χ4n) is 1.77. The van der Waals surface area contributed by atoms with Crippen LogP contribution in [0.2, 0.25) is 0 Å². The molecule has 0 aromatic carbocycles. The maximum absolute atomic E-state index is 4.73. The van der Waals surface area contributed by atoms with E-state index in [0.29, 0.717) is 0 Å². The lowest BCUT2D eigenvalue weighted by molar-refractivity contribution is 0.695. The van der Waals surface area contributed by atoms with Gasteiger partial charge in [-0.05, 0) is 48.5 Å². The molecule has 2 aromatic heterocycles. The van der Waals surface area contributed by atoms with Crippen LogP contribution in [0.4, 0.5) is 0 Å². The first-order chi connectivity index (χ1) is 8.15. The zero-order valence-electron chi connectivity index (χ0n) is 10.1. The van der Waals surface area contributed by atoms with Crippen molar-refractivity contribution in [1.82, 2.24) is 10.3 Å². The zero-order chi connectivity index (χ0) is 12.4. The minimum absolute atomic E-state index is 0.218. The van der Waals surface area contributed by atoms with Crippen LogP contribution >= 0.6 is 38.6 Å². The second-order valence-electron chi connectivity index (χ2n) is 3.77. The van der Waals surface area contributed by atoms with E-state index in [0.717, 1.165) is 15.2 Å². The van der Waals surface area contributed by atoms with Gasteiger partial charge in [-0.1, -0.05) is 6.92 Å². The number of thiazole rings is 1. The lowest BCUT2D eigenvalue weighted by Gasteiger charge is -2.10. The number of hydrogen-bond acceptors (Lipinski definition) is 4. The Balaban J connectivity index is 2.34. The van der Waals surface area contributed by atoms with Crippen LogP contribution in [0.25, 0.3) is 0 Å². The van der Waals surface area contributed by atoms with E-state index in [9.17, 15) is 0 Å². The number of nitrogens with zero attached hydrogens (tertiary/aromatic N) is 1. The van der Waals surface area contributed by atoms with Crippen molar-refractivity contribution in [1.29, 1.82) is 0 Å². The molecule has 17 heavy (non-hydrogen) atoms. The Hall–Kier alpha value is -0.230. The van der Waals surface area contributed by atoms with Crippen LogP contribution in [-0.4, -0.2) is 12.0 Å². The summed E-state index contributed by atoms with van der Waals surface area (Å²) < 4.78 is 1.16. The van der Waals surface area contributed by atoms with Crippen molar-refractivity contribution >= 4 is 38.6 Å². The average Bonchev–Trinajstić information content (AvgIpc) is 2.87. The highest BCUT2D eigenvalue weighted by molar-refractivity contribution is 9.11. The highest BCUT2D eigenvalue weighted by Gasteiger charge is 2.19. The molecule has 0 amide bonds. The molecule has 0 saturated heterocycles. The molecule has 2 heterocycles. The van der Waals surface area contributed by atoms with Gasteiger partial charge < -0.3 is 5.32 Å². The van der Waals surface area contributed by atoms with Crippen molar-refractivity contribution in [2.75, 3.05) is 7.05 Å². The van der Waals surface area contributed by atoms with Gasteiger partial charge in [0.25, 0.3) is 0 Å². The Morgan fingerprint density at radius 1 is 1.41 bits per heavy atom. The molecule has 5 heteroatoms. The lowest BCUT2D eigenvalue weighted by Crippen LogP contribution is -2.16. The van der Waals surface area contributed by atoms with E-state index in [-0.39, 0.29) is 6.04 Å². The minimum atomic E-state index is 0.218. The van der Waals surface area contributed by atoms with Crippen LogP contribution in [0.5, 0.6) is 0 Å². The molecule has 0 saturated carbocycles. The van der Waals surface area contributed by atoms with Crippen LogP contribution in [0.1, 0.15) is 33.4 Å². The van der Waals surface area contributed by atoms with Crippen molar-refractivity contribution in [2.45, 2.75) is 26.3 Å². The molecule has 92 valence electrons. The summed E-state index contributed by atoms with van der Waals surface area (Å²) in [5, 5.41) is 4.51. The predicted octanol–water partition coefficient (Wildman–Crippen LogP) is 4.15. The molecular weight excluding hydrogens is 316 g/mol. The summed E-state index contributed by atoms with van der Waals surface area (Å²) in [6.45, 7) is 4.30. The van der Waals surface area contributed by atoms with Crippen LogP contribution in [0.3, 0.4) is 0 Å². The average molecular weight is 331 g/mol. The molecule has 0 fully saturated rings. The van der Waals surface area contributed by atoms with Gasteiger partial charge in [0.1, 0.15) is 5.01 Å². The number of rotatable bonds is 4. The molecule has 0 spiro atoms. The Labute approximate surface area is 118 Å². The fraction of sp³-hybridized carbons (Fsp3) is 0.417. The van der Waals surface area contributed by atoms with E-state index in [2.05, 4.69) is 47.2 Å². The van der Waals surface area contributed by atoms with Crippen LogP contribution in [0.15, 0.2) is 15.9 Å². The van der Waals surface area contributed by atoms with E-state index in [1.807, 2.05) is 7.05 Å². The monoisotopic (exact) mass is 330 g/mol. The number of nitrogens with one attached hydrogen (secondary N) is 1. The van der Waals surface area contributed by atoms with E-state index in [1.165, 1.54) is 15.4 Å². The van der Waals surface area contributed by atoms with Gasteiger partial charge in [-0.15, -0.1) is 22.7 Å². The lowest BCUT2D eigenvalue weighted by atomic mass is 10.2. The van der Waals surface area contributed by atoms with Crippen LogP contribution in [0, 0.1) is 6.92 Å². The van der Waals surface area contributed by atoms with Crippen LogP contribution < -0.4 is 5.32 Å². The molecule has 0 aliphatic carbocycles. The molecule has 1 N–H and O–H groups in total. The fourth-order valence-corrected chi connectivity index (χ4v) is 4.52. The quantitative estimate of drug-likeness (QED) is 0.910. The Bertz CT molecular complexity index is 504. The van der Waals surface area contributed by atoms with Gasteiger partial charge in [0, 0.05) is 9.75 Å². The molecule has 0 radical (unpaired) electrons. The Kier molecular flexibility index (Phi) is 4.36. The second-order valence-corrected chi connectivity index (χ2v) is 7.50. The standard InChI is InChI=1S/C12H15BrN2S2/c1-4-8-7(2)16-12(15-8)11(14-3)9-5-6-10(13)17-9/h5-6,11,14H,4H2,1-3H3. The first kappa shape index (κ1) is 13.2. The summed E-state index contributed by atoms with van der Waals surface area (Å²) in [4.78, 5) is 7.37. The van der Waals surface area contributed by atoms with Crippen LogP contribution in [-0.2, 0) is 6.42 Å². The maximum atomic E-state index is 4.73. The highest BCUT2D eigenvalue weighted by Crippen LogP contribution is 2.33. The van der Waals surface area contributed by atoms with Gasteiger partial charge in [0.2, 0.25) is 0 Å². The molecule has 2 rings (SSSR count). The second kappa shape index (κ2) is 5.61. The van der Waals surface area contributed by atoms with Crippen molar-refractivity contribution in [3.05, 3.63) is 36.4 Å². The summed E-state index contributed by atoms with van der Waals surface area (Å²) in [6.07, 6.45) is 1.01. The van der Waals surface area contributed by atoms with Crippen molar-refractivity contribution in [3.63, 3.8) is 0 Å². The molecular formula is C12H15BrN2S2. The smallest absolute Gasteiger partial charge is 0.115 e. The highest BCUT2D eigenvalue weighted by atomic mass is 79.9. The molecule has 1 unspecified atom stereocenters. The number of aryl methyl sites for hydroxylation is 2. The molecule has 2 nitrogen and oxygen atoms in total. The van der Waals surface area contributed by atoms with Gasteiger partial charge in [0.05, 0.1) is 15.5 Å². The first-order valence-corrected chi connectivity index (χ1v) is 7.97. The van der Waals surface area contributed by atoms with E-state index in [4.69, 9.17) is 4.98 Å². The zero-order valence-corrected chi connectivity index (χ0v) is 13.3. The van der Waals surface area contributed by atoms with Gasteiger partial charge in [-0.3, -0.25) is 0 Å². The van der Waals surface area contributed by atoms with Crippen molar-refractivity contribution in [3.8, 4) is 0 Å². The Morgan fingerprint density at radius 3 is 2.65 bits per heavy atom. The molecule has 2 aromatic rings. The van der Waals surface area contributed by atoms with E-state index in [1.54, 1.807) is 22.7 Å².